The Morgan fingerprint density at radius 2 is 1.87 bits per heavy atom. The predicted molar refractivity (Wildman–Crippen MR) is 106 cm³/mol. The zero-order valence-electron chi connectivity index (χ0n) is 13.5. The molecule has 0 saturated carbocycles. The molecule has 0 amide bonds. The van der Waals surface area contributed by atoms with E-state index < -0.39 is 11.4 Å². The van der Waals surface area contributed by atoms with Gasteiger partial charge in [0, 0.05) is 20.7 Å². The lowest BCUT2D eigenvalue weighted by atomic mass is 10.2. The van der Waals surface area contributed by atoms with E-state index in [-0.39, 0.29) is 4.75 Å². The van der Waals surface area contributed by atoms with Crippen molar-refractivity contribution in [2.24, 2.45) is 4.40 Å². The number of benzene rings is 2. The fourth-order valence-corrected chi connectivity index (χ4v) is 3.49. The van der Waals surface area contributed by atoms with Gasteiger partial charge >= 0.3 is 0 Å². The number of rotatable bonds is 5. The summed E-state index contributed by atoms with van der Waals surface area (Å²) in [5.41, 5.74) is 2.24. The van der Waals surface area contributed by atoms with Crippen LogP contribution < -0.4 is 0 Å². The zero-order chi connectivity index (χ0) is 16.9. The van der Waals surface area contributed by atoms with Crippen LogP contribution in [0.2, 0.25) is 0 Å². The van der Waals surface area contributed by atoms with Gasteiger partial charge in [0.15, 0.2) is 0 Å². The molecule has 0 N–H and O–H groups in total. The molecule has 2 nitrogen and oxygen atoms in total. The molecule has 0 heterocycles. The number of nitrogens with zero attached hydrogens (tertiary/aromatic N) is 1. The molecule has 0 bridgehead atoms. The summed E-state index contributed by atoms with van der Waals surface area (Å²) in [6, 6.07) is 16.5. The molecule has 1 unspecified atom stereocenters. The van der Waals surface area contributed by atoms with Gasteiger partial charge in [0.25, 0.3) is 0 Å². The van der Waals surface area contributed by atoms with Crippen LogP contribution in [-0.2, 0) is 17.1 Å². The number of hydrogen-bond donors (Lipinski definition) is 0. The van der Waals surface area contributed by atoms with Gasteiger partial charge in [-0.1, -0.05) is 50.7 Å². The molecule has 2 rings (SSSR count). The lowest BCUT2D eigenvalue weighted by Gasteiger charge is -2.17. The first-order valence-electron chi connectivity index (χ1n) is 7.28. The molecule has 2 aromatic rings. The van der Waals surface area contributed by atoms with Gasteiger partial charge in [-0.3, -0.25) is 0 Å². The van der Waals surface area contributed by atoms with Crippen LogP contribution in [0, 0.1) is 0 Å². The maximum atomic E-state index is 12.0. The van der Waals surface area contributed by atoms with Crippen LogP contribution in [0.4, 0.5) is 0 Å². The molecule has 1 atom stereocenters. The highest BCUT2D eigenvalue weighted by Gasteiger charge is 2.25. The largest absolute Gasteiger partial charge is 0.591 e. The Labute approximate surface area is 154 Å². The van der Waals surface area contributed by atoms with Crippen LogP contribution in [0.25, 0.3) is 0 Å². The van der Waals surface area contributed by atoms with Crippen molar-refractivity contribution in [2.45, 2.75) is 36.2 Å². The smallest absolute Gasteiger partial charge is 0.144 e. The van der Waals surface area contributed by atoms with E-state index in [1.807, 2.05) is 32.9 Å². The van der Waals surface area contributed by atoms with Crippen LogP contribution in [0.15, 0.2) is 62.3 Å². The number of halogens is 1. The van der Waals surface area contributed by atoms with Gasteiger partial charge in [-0.2, -0.15) is 0 Å². The minimum Gasteiger partial charge on any atom is -0.591 e. The van der Waals surface area contributed by atoms with Crippen molar-refractivity contribution in [3.05, 3.63) is 64.1 Å². The standard InChI is InChI=1S/C18H20BrNOS2/c1-18(2,3)23(21)20-12-15-11-16(9-10-17(15)19)22-13-14-7-5-4-6-8-14/h4-12H,13H2,1-3H3. The maximum absolute atomic E-state index is 12.0. The van der Waals surface area contributed by atoms with Gasteiger partial charge in [-0.25, -0.2) is 0 Å². The molecule has 0 radical (unpaired) electrons. The zero-order valence-corrected chi connectivity index (χ0v) is 16.7. The van der Waals surface area contributed by atoms with Gasteiger partial charge < -0.3 is 4.55 Å². The maximum Gasteiger partial charge on any atom is 0.144 e. The van der Waals surface area contributed by atoms with E-state index >= 15 is 0 Å². The van der Waals surface area contributed by atoms with Crippen molar-refractivity contribution in [2.75, 3.05) is 0 Å². The third kappa shape index (κ3) is 5.99. The van der Waals surface area contributed by atoms with Crippen LogP contribution >= 0.6 is 27.7 Å². The molecule has 0 aliphatic carbocycles. The minimum absolute atomic E-state index is 0.345. The van der Waals surface area contributed by atoms with Crippen LogP contribution in [0.3, 0.4) is 0 Å². The molecule has 0 spiro atoms. The van der Waals surface area contributed by atoms with E-state index in [0.29, 0.717) is 0 Å². The van der Waals surface area contributed by atoms with Crippen molar-refractivity contribution in [3.63, 3.8) is 0 Å². The highest BCUT2D eigenvalue weighted by Crippen LogP contribution is 2.27. The quantitative estimate of drug-likeness (QED) is 0.364. The van der Waals surface area contributed by atoms with Crippen molar-refractivity contribution >= 4 is 45.3 Å². The second-order valence-electron chi connectivity index (χ2n) is 6.05. The van der Waals surface area contributed by atoms with Crippen molar-refractivity contribution < 1.29 is 4.55 Å². The Balaban J connectivity index is 2.08. The normalized spacial score (nSPS) is 13.4. The van der Waals surface area contributed by atoms with E-state index in [0.717, 1.165) is 15.8 Å². The van der Waals surface area contributed by atoms with E-state index in [2.05, 4.69) is 56.7 Å². The van der Waals surface area contributed by atoms with Gasteiger partial charge in [-0.05, 0) is 44.5 Å². The second kappa shape index (κ2) is 8.38. The van der Waals surface area contributed by atoms with Gasteiger partial charge in [-0.15, -0.1) is 11.8 Å². The second-order valence-corrected chi connectivity index (χ2v) is 9.89. The lowest BCUT2D eigenvalue weighted by molar-refractivity contribution is 0.562. The summed E-state index contributed by atoms with van der Waals surface area (Å²) >= 11 is 4.06. The highest BCUT2D eigenvalue weighted by atomic mass is 79.9. The Morgan fingerprint density at radius 3 is 2.52 bits per heavy atom. The topological polar surface area (TPSA) is 35.4 Å². The summed E-state index contributed by atoms with van der Waals surface area (Å²) in [6.45, 7) is 5.75. The minimum atomic E-state index is -1.24. The molecule has 0 fully saturated rings. The Bertz CT molecular complexity index is 668. The van der Waals surface area contributed by atoms with Crippen LogP contribution in [0.1, 0.15) is 31.9 Å². The number of hydrogen-bond acceptors (Lipinski definition) is 3. The van der Waals surface area contributed by atoms with Crippen LogP contribution in [0.5, 0.6) is 0 Å². The molecule has 5 heteroatoms. The summed E-state index contributed by atoms with van der Waals surface area (Å²) in [5, 5.41) is 0. The molecule has 122 valence electrons. The monoisotopic (exact) mass is 409 g/mol. The van der Waals surface area contributed by atoms with Gasteiger partial charge in [0.05, 0.1) is 6.21 Å². The summed E-state index contributed by atoms with van der Waals surface area (Å²) in [4.78, 5) is 1.17. The van der Waals surface area contributed by atoms with Crippen molar-refractivity contribution in [1.82, 2.24) is 0 Å². The fourth-order valence-electron chi connectivity index (χ4n) is 1.71. The summed E-state index contributed by atoms with van der Waals surface area (Å²) in [7, 11) is 0. The first-order valence-corrected chi connectivity index (χ1v) is 10.2. The summed E-state index contributed by atoms with van der Waals surface area (Å²) in [5.74, 6) is 0.924. The first-order chi connectivity index (χ1) is 10.9. The fraction of sp³-hybridized carbons (Fsp3) is 0.278. The molecule has 0 saturated heterocycles. The van der Waals surface area contributed by atoms with E-state index in [1.165, 1.54) is 10.5 Å². The summed E-state index contributed by atoms with van der Waals surface area (Å²) in [6.07, 6.45) is 1.69. The molecule has 0 aromatic heterocycles. The molecular weight excluding hydrogens is 390 g/mol. The first kappa shape index (κ1) is 18.6. The molecule has 0 aliphatic rings. The van der Waals surface area contributed by atoms with E-state index in [9.17, 15) is 4.55 Å². The SMILES string of the molecule is CC(C)(C)[S+]([O-])N=Cc1cc(SCc2ccccc2)ccc1Br. The van der Waals surface area contributed by atoms with Crippen molar-refractivity contribution in [1.29, 1.82) is 0 Å². The Morgan fingerprint density at radius 1 is 1.17 bits per heavy atom. The summed E-state index contributed by atoms with van der Waals surface area (Å²) < 4.78 is 16.8. The van der Waals surface area contributed by atoms with Gasteiger partial charge in [0.1, 0.15) is 16.1 Å². The predicted octanol–water partition coefficient (Wildman–Crippen LogP) is 5.62. The third-order valence-electron chi connectivity index (χ3n) is 3.03. The third-order valence-corrected chi connectivity index (χ3v) is 6.16. The molecule has 0 aliphatic heterocycles. The van der Waals surface area contributed by atoms with E-state index in [1.54, 1.807) is 18.0 Å². The van der Waals surface area contributed by atoms with E-state index in [4.69, 9.17) is 0 Å². The average molecular weight is 410 g/mol. The molecular formula is C18H20BrNOS2. The molecule has 2 aromatic carbocycles. The number of thioether (sulfide) groups is 1. The van der Waals surface area contributed by atoms with Gasteiger partial charge in [0.2, 0.25) is 0 Å². The Hall–Kier alpha value is -0.750. The average Bonchev–Trinajstić information content (AvgIpc) is 2.52. The van der Waals surface area contributed by atoms with Crippen LogP contribution in [-0.4, -0.2) is 15.5 Å². The molecule has 23 heavy (non-hydrogen) atoms. The highest BCUT2D eigenvalue weighted by molar-refractivity contribution is 9.10. The lowest BCUT2D eigenvalue weighted by Crippen LogP contribution is -2.25. The Kier molecular flexibility index (Phi) is 6.77. The van der Waals surface area contributed by atoms with Crippen molar-refractivity contribution in [3.8, 4) is 0 Å².